The average molecular weight is 249 g/mol. The minimum Gasteiger partial charge on any atom is -0.392 e. The van der Waals surface area contributed by atoms with Gasteiger partial charge in [-0.2, -0.15) is 0 Å². The molecule has 0 saturated heterocycles. The quantitative estimate of drug-likeness (QED) is 0.902. The van der Waals surface area contributed by atoms with E-state index in [1.54, 1.807) is 31.3 Å². The molecule has 18 heavy (non-hydrogen) atoms. The Bertz CT molecular complexity index is 557. The highest BCUT2D eigenvalue weighted by atomic mass is 19.1. The molecule has 0 heterocycles. The Morgan fingerprint density at radius 2 is 1.83 bits per heavy atom. The minimum absolute atomic E-state index is 0.254. The Kier molecular flexibility index (Phi) is 3.58. The fraction of sp³-hybridized carbons (Fsp3) is 0.143. The van der Waals surface area contributed by atoms with Crippen molar-refractivity contribution < 1.29 is 13.9 Å². The van der Waals surface area contributed by atoms with Gasteiger partial charge in [0, 0.05) is 12.7 Å². The van der Waals surface area contributed by atoms with Gasteiger partial charge in [0.25, 0.3) is 0 Å². The molecule has 2 rings (SSSR count). The van der Waals surface area contributed by atoms with E-state index >= 15 is 0 Å². The van der Waals surface area contributed by atoms with Crippen LogP contribution in [0.4, 0.5) is 20.2 Å². The summed E-state index contributed by atoms with van der Waals surface area (Å²) in [6, 6.07) is 10.4. The first-order valence-electron chi connectivity index (χ1n) is 5.50. The highest BCUT2D eigenvalue weighted by Crippen LogP contribution is 2.27. The zero-order valence-corrected chi connectivity index (χ0v) is 9.90. The summed E-state index contributed by atoms with van der Waals surface area (Å²) in [6.45, 7) is -0.254. The van der Waals surface area contributed by atoms with E-state index in [0.29, 0.717) is 16.9 Å². The van der Waals surface area contributed by atoms with Crippen LogP contribution >= 0.6 is 0 Å². The molecule has 0 unspecified atom stereocenters. The first-order chi connectivity index (χ1) is 8.61. The van der Waals surface area contributed by atoms with Crippen molar-refractivity contribution in [2.75, 3.05) is 11.9 Å². The second kappa shape index (κ2) is 5.14. The van der Waals surface area contributed by atoms with Gasteiger partial charge in [0.1, 0.15) is 11.6 Å². The molecule has 2 nitrogen and oxygen atoms in total. The Morgan fingerprint density at radius 1 is 1.11 bits per heavy atom. The summed E-state index contributed by atoms with van der Waals surface area (Å²) in [5.41, 5.74) is 1.30. The lowest BCUT2D eigenvalue weighted by Gasteiger charge is -2.20. The van der Waals surface area contributed by atoms with E-state index in [4.69, 9.17) is 5.11 Å². The standard InChI is InChI=1S/C14H13F2NO/c1-17(14-5-3-2-4-13(14)16)12-7-10(9-18)6-11(15)8-12/h2-8,18H,9H2,1H3. The largest absolute Gasteiger partial charge is 0.392 e. The predicted molar refractivity (Wildman–Crippen MR) is 66.8 cm³/mol. The van der Waals surface area contributed by atoms with Crippen LogP contribution in [0.2, 0.25) is 0 Å². The molecule has 0 aromatic heterocycles. The molecule has 0 aliphatic rings. The summed E-state index contributed by atoms with van der Waals surface area (Å²) in [4.78, 5) is 1.54. The van der Waals surface area contributed by atoms with E-state index in [1.165, 1.54) is 23.1 Å². The molecule has 0 atom stereocenters. The number of aliphatic hydroxyl groups excluding tert-OH is 1. The van der Waals surface area contributed by atoms with Gasteiger partial charge in [-0.25, -0.2) is 8.78 Å². The summed E-state index contributed by atoms with van der Waals surface area (Å²) in [5, 5.41) is 9.03. The minimum atomic E-state index is -0.459. The normalized spacial score (nSPS) is 10.4. The summed E-state index contributed by atoms with van der Waals surface area (Å²) in [5.74, 6) is -0.838. The fourth-order valence-electron chi connectivity index (χ4n) is 1.78. The zero-order valence-electron chi connectivity index (χ0n) is 9.90. The maximum Gasteiger partial charge on any atom is 0.146 e. The van der Waals surface area contributed by atoms with Crippen molar-refractivity contribution in [2.45, 2.75) is 6.61 Å². The second-order valence-corrected chi connectivity index (χ2v) is 3.99. The highest BCUT2D eigenvalue weighted by molar-refractivity contribution is 5.63. The topological polar surface area (TPSA) is 23.5 Å². The van der Waals surface area contributed by atoms with Crippen LogP contribution in [-0.4, -0.2) is 12.2 Å². The highest BCUT2D eigenvalue weighted by Gasteiger charge is 2.10. The molecule has 0 saturated carbocycles. The van der Waals surface area contributed by atoms with E-state index < -0.39 is 5.82 Å². The van der Waals surface area contributed by atoms with E-state index in [0.717, 1.165) is 0 Å². The lowest BCUT2D eigenvalue weighted by atomic mass is 10.1. The summed E-state index contributed by atoms with van der Waals surface area (Å²) in [6.07, 6.45) is 0. The van der Waals surface area contributed by atoms with E-state index in [9.17, 15) is 8.78 Å². The lowest BCUT2D eigenvalue weighted by molar-refractivity contribution is 0.281. The Morgan fingerprint density at radius 3 is 2.50 bits per heavy atom. The number of rotatable bonds is 3. The van der Waals surface area contributed by atoms with Crippen LogP contribution in [0.15, 0.2) is 42.5 Å². The third-order valence-electron chi connectivity index (χ3n) is 2.73. The van der Waals surface area contributed by atoms with Gasteiger partial charge in [-0.05, 0) is 35.9 Å². The van der Waals surface area contributed by atoms with Gasteiger partial charge in [0.15, 0.2) is 0 Å². The smallest absolute Gasteiger partial charge is 0.146 e. The average Bonchev–Trinajstić information content (AvgIpc) is 2.37. The van der Waals surface area contributed by atoms with Gasteiger partial charge in [-0.3, -0.25) is 0 Å². The number of nitrogens with zero attached hydrogens (tertiary/aromatic N) is 1. The molecular formula is C14H13F2NO. The molecule has 1 N–H and O–H groups in total. The molecule has 0 aliphatic carbocycles. The Hall–Kier alpha value is -1.94. The predicted octanol–water partition coefficient (Wildman–Crippen LogP) is 3.23. The van der Waals surface area contributed by atoms with Crippen molar-refractivity contribution in [2.24, 2.45) is 0 Å². The number of hydrogen-bond donors (Lipinski definition) is 1. The lowest BCUT2D eigenvalue weighted by Crippen LogP contribution is -2.11. The van der Waals surface area contributed by atoms with E-state index in [1.807, 2.05) is 0 Å². The number of benzene rings is 2. The van der Waals surface area contributed by atoms with Crippen molar-refractivity contribution in [1.82, 2.24) is 0 Å². The van der Waals surface area contributed by atoms with Crippen LogP contribution in [0.25, 0.3) is 0 Å². The van der Waals surface area contributed by atoms with Crippen molar-refractivity contribution in [3.63, 3.8) is 0 Å². The molecule has 4 heteroatoms. The van der Waals surface area contributed by atoms with Crippen LogP contribution in [-0.2, 0) is 6.61 Å². The molecule has 0 aliphatic heterocycles. The molecular weight excluding hydrogens is 236 g/mol. The van der Waals surface area contributed by atoms with Gasteiger partial charge in [-0.15, -0.1) is 0 Å². The van der Waals surface area contributed by atoms with Gasteiger partial charge >= 0.3 is 0 Å². The van der Waals surface area contributed by atoms with Gasteiger partial charge in [0.2, 0.25) is 0 Å². The van der Waals surface area contributed by atoms with Crippen molar-refractivity contribution in [3.05, 3.63) is 59.7 Å². The van der Waals surface area contributed by atoms with Gasteiger partial charge in [-0.1, -0.05) is 12.1 Å². The molecule has 2 aromatic carbocycles. The van der Waals surface area contributed by atoms with Crippen LogP contribution < -0.4 is 4.90 Å². The van der Waals surface area contributed by atoms with Crippen LogP contribution in [0.1, 0.15) is 5.56 Å². The van der Waals surface area contributed by atoms with Crippen LogP contribution in [0, 0.1) is 11.6 Å². The molecule has 0 radical (unpaired) electrons. The van der Waals surface area contributed by atoms with Gasteiger partial charge in [0.05, 0.1) is 12.3 Å². The van der Waals surface area contributed by atoms with Crippen molar-refractivity contribution in [1.29, 1.82) is 0 Å². The SMILES string of the molecule is CN(c1cc(F)cc(CO)c1)c1ccccc1F. The molecule has 0 amide bonds. The first kappa shape index (κ1) is 12.5. The number of aliphatic hydroxyl groups is 1. The third-order valence-corrected chi connectivity index (χ3v) is 2.73. The summed E-state index contributed by atoms with van der Waals surface area (Å²) >= 11 is 0. The zero-order chi connectivity index (χ0) is 13.1. The van der Waals surface area contributed by atoms with Crippen molar-refractivity contribution in [3.8, 4) is 0 Å². The molecule has 0 spiro atoms. The first-order valence-corrected chi connectivity index (χ1v) is 5.50. The van der Waals surface area contributed by atoms with E-state index in [-0.39, 0.29) is 12.4 Å². The summed E-state index contributed by atoms with van der Waals surface area (Å²) in [7, 11) is 1.65. The number of para-hydroxylation sites is 1. The second-order valence-electron chi connectivity index (χ2n) is 3.99. The van der Waals surface area contributed by atoms with Crippen molar-refractivity contribution >= 4 is 11.4 Å². The fourth-order valence-corrected chi connectivity index (χ4v) is 1.78. The molecule has 0 fully saturated rings. The third kappa shape index (κ3) is 2.49. The maximum absolute atomic E-state index is 13.6. The van der Waals surface area contributed by atoms with Crippen LogP contribution in [0.5, 0.6) is 0 Å². The Balaban J connectivity index is 2.43. The number of halogens is 2. The Labute approximate surface area is 104 Å². The number of anilines is 2. The summed E-state index contributed by atoms with van der Waals surface area (Å²) < 4.78 is 27.0. The van der Waals surface area contributed by atoms with Crippen LogP contribution in [0.3, 0.4) is 0 Å². The van der Waals surface area contributed by atoms with Gasteiger partial charge < -0.3 is 10.0 Å². The number of hydrogen-bond acceptors (Lipinski definition) is 2. The molecule has 0 bridgehead atoms. The molecule has 94 valence electrons. The maximum atomic E-state index is 13.6. The monoisotopic (exact) mass is 249 g/mol. The van der Waals surface area contributed by atoms with E-state index in [2.05, 4.69) is 0 Å². The molecule has 2 aromatic rings.